The Morgan fingerprint density at radius 2 is 1.75 bits per heavy atom. The van der Waals surface area contributed by atoms with Gasteiger partial charge in [-0.2, -0.15) is 0 Å². The molecule has 0 spiro atoms. The molecule has 0 radical (unpaired) electrons. The van der Waals surface area contributed by atoms with Crippen molar-refractivity contribution in [2.24, 2.45) is 0 Å². The van der Waals surface area contributed by atoms with Gasteiger partial charge in [0, 0.05) is 12.7 Å². The summed E-state index contributed by atoms with van der Waals surface area (Å²) >= 11 is 0. The molecule has 3 heteroatoms. The number of carboxylic acids is 1. The second-order valence-corrected chi connectivity index (χ2v) is 4.75. The van der Waals surface area contributed by atoms with E-state index < -0.39 is 11.9 Å². The van der Waals surface area contributed by atoms with Crippen LogP contribution in [-0.4, -0.2) is 18.1 Å². The highest BCUT2D eigenvalue weighted by atomic mass is 16.4. The van der Waals surface area contributed by atoms with Crippen LogP contribution >= 0.6 is 0 Å². The minimum Gasteiger partial charge on any atom is -0.481 e. The highest BCUT2D eigenvalue weighted by Crippen LogP contribution is 2.24. The van der Waals surface area contributed by atoms with E-state index in [1.54, 1.807) is 0 Å². The number of carbonyl (C=O) groups is 1. The summed E-state index contributed by atoms with van der Waals surface area (Å²) < 4.78 is 0. The van der Waals surface area contributed by atoms with Gasteiger partial charge in [-0.3, -0.25) is 4.79 Å². The van der Waals surface area contributed by atoms with Crippen molar-refractivity contribution < 1.29 is 9.90 Å². The third kappa shape index (κ3) is 3.38. The molecule has 2 aromatic rings. The SMILES string of the molecule is CNc1ccccc1CC[C@H](C(=O)O)c1ccccc1. The predicted molar refractivity (Wildman–Crippen MR) is 81.1 cm³/mol. The lowest BCUT2D eigenvalue weighted by atomic mass is 9.92. The van der Waals surface area contributed by atoms with Gasteiger partial charge in [-0.05, 0) is 30.0 Å². The lowest BCUT2D eigenvalue weighted by Crippen LogP contribution is -2.13. The number of aliphatic carboxylic acids is 1. The van der Waals surface area contributed by atoms with Crippen LogP contribution in [0.2, 0.25) is 0 Å². The lowest BCUT2D eigenvalue weighted by Gasteiger charge is -2.14. The molecule has 0 saturated heterocycles. The van der Waals surface area contributed by atoms with Crippen molar-refractivity contribution in [1.82, 2.24) is 0 Å². The van der Waals surface area contributed by atoms with Crippen LogP contribution < -0.4 is 5.32 Å². The van der Waals surface area contributed by atoms with E-state index in [4.69, 9.17) is 0 Å². The summed E-state index contributed by atoms with van der Waals surface area (Å²) in [6.45, 7) is 0. The summed E-state index contributed by atoms with van der Waals surface area (Å²) in [5, 5.41) is 12.6. The Morgan fingerprint density at radius 3 is 2.40 bits per heavy atom. The highest BCUT2D eigenvalue weighted by molar-refractivity contribution is 5.76. The van der Waals surface area contributed by atoms with Crippen LogP contribution in [0.3, 0.4) is 0 Å². The van der Waals surface area contributed by atoms with Crippen LogP contribution in [0.1, 0.15) is 23.5 Å². The summed E-state index contributed by atoms with van der Waals surface area (Å²) in [6.07, 6.45) is 1.33. The Morgan fingerprint density at radius 1 is 1.10 bits per heavy atom. The Hall–Kier alpha value is -2.29. The molecule has 3 nitrogen and oxygen atoms in total. The number of anilines is 1. The molecule has 0 saturated carbocycles. The summed E-state index contributed by atoms with van der Waals surface area (Å²) in [5.41, 5.74) is 3.07. The van der Waals surface area contributed by atoms with Gasteiger partial charge >= 0.3 is 5.97 Å². The fraction of sp³-hybridized carbons (Fsp3) is 0.235. The average Bonchev–Trinajstić information content (AvgIpc) is 2.48. The molecule has 2 rings (SSSR count). The van der Waals surface area contributed by atoms with Gasteiger partial charge in [-0.1, -0.05) is 48.5 Å². The van der Waals surface area contributed by atoms with Crippen molar-refractivity contribution in [2.45, 2.75) is 18.8 Å². The molecular weight excluding hydrogens is 250 g/mol. The second-order valence-electron chi connectivity index (χ2n) is 4.75. The fourth-order valence-electron chi connectivity index (χ4n) is 2.40. The molecule has 0 aromatic heterocycles. The van der Waals surface area contributed by atoms with Crippen molar-refractivity contribution in [3.8, 4) is 0 Å². The molecular formula is C17H19NO2. The number of hydrogen-bond donors (Lipinski definition) is 2. The van der Waals surface area contributed by atoms with Crippen molar-refractivity contribution >= 4 is 11.7 Å². The maximum Gasteiger partial charge on any atom is 0.310 e. The van der Waals surface area contributed by atoms with Crippen LogP contribution in [-0.2, 0) is 11.2 Å². The van der Waals surface area contributed by atoms with Crippen molar-refractivity contribution in [1.29, 1.82) is 0 Å². The monoisotopic (exact) mass is 269 g/mol. The van der Waals surface area contributed by atoms with Crippen LogP contribution in [0.25, 0.3) is 0 Å². The minimum absolute atomic E-state index is 0.457. The van der Waals surface area contributed by atoms with Gasteiger partial charge in [0.2, 0.25) is 0 Å². The summed E-state index contributed by atoms with van der Waals surface area (Å²) in [4.78, 5) is 11.5. The first-order valence-electron chi connectivity index (χ1n) is 6.75. The molecule has 0 fully saturated rings. The Kier molecular flexibility index (Phi) is 4.77. The summed E-state index contributed by atoms with van der Waals surface area (Å²) in [5.74, 6) is -1.22. The maximum atomic E-state index is 11.5. The molecule has 0 aliphatic carbocycles. The topological polar surface area (TPSA) is 49.3 Å². The van der Waals surface area contributed by atoms with Gasteiger partial charge in [0.05, 0.1) is 5.92 Å². The Labute approximate surface area is 119 Å². The summed E-state index contributed by atoms with van der Waals surface area (Å²) in [6, 6.07) is 17.4. The maximum absolute atomic E-state index is 11.5. The quantitative estimate of drug-likeness (QED) is 0.843. The average molecular weight is 269 g/mol. The first kappa shape index (κ1) is 14.1. The second kappa shape index (κ2) is 6.75. The number of nitrogens with one attached hydrogen (secondary N) is 1. The molecule has 2 aromatic carbocycles. The smallest absolute Gasteiger partial charge is 0.310 e. The number of para-hydroxylation sites is 1. The molecule has 0 aliphatic rings. The molecule has 2 N–H and O–H groups in total. The lowest BCUT2D eigenvalue weighted by molar-refractivity contribution is -0.138. The van der Waals surface area contributed by atoms with Crippen LogP contribution in [0.15, 0.2) is 54.6 Å². The van der Waals surface area contributed by atoms with E-state index in [2.05, 4.69) is 5.32 Å². The number of hydrogen-bond acceptors (Lipinski definition) is 2. The van der Waals surface area contributed by atoms with E-state index in [0.717, 1.165) is 23.2 Å². The van der Waals surface area contributed by atoms with Gasteiger partial charge < -0.3 is 10.4 Å². The van der Waals surface area contributed by atoms with Crippen LogP contribution in [0.5, 0.6) is 0 Å². The zero-order valence-electron chi connectivity index (χ0n) is 11.5. The molecule has 104 valence electrons. The molecule has 1 atom stereocenters. The Bertz CT molecular complexity index is 566. The first-order valence-corrected chi connectivity index (χ1v) is 6.75. The van der Waals surface area contributed by atoms with Gasteiger partial charge in [-0.15, -0.1) is 0 Å². The molecule has 20 heavy (non-hydrogen) atoms. The Balaban J connectivity index is 2.12. The standard InChI is InChI=1S/C17H19NO2/c1-18-16-10-6-5-9-14(16)11-12-15(17(19)20)13-7-3-2-4-8-13/h2-10,15,18H,11-12H2,1H3,(H,19,20)/t15-/m0/s1. The molecule has 0 aliphatic heterocycles. The molecule has 0 bridgehead atoms. The van der Waals surface area contributed by atoms with Crippen molar-refractivity contribution in [2.75, 3.05) is 12.4 Å². The van der Waals surface area contributed by atoms with Gasteiger partial charge in [0.15, 0.2) is 0 Å². The molecule has 0 unspecified atom stereocenters. The van der Waals surface area contributed by atoms with Gasteiger partial charge in [0.25, 0.3) is 0 Å². The first-order chi connectivity index (χ1) is 9.72. The van der Waals surface area contributed by atoms with E-state index in [1.165, 1.54) is 0 Å². The van der Waals surface area contributed by atoms with Crippen molar-refractivity contribution in [3.05, 3.63) is 65.7 Å². The van der Waals surface area contributed by atoms with Crippen LogP contribution in [0, 0.1) is 0 Å². The zero-order valence-corrected chi connectivity index (χ0v) is 11.5. The summed E-state index contributed by atoms with van der Waals surface area (Å²) in [7, 11) is 1.88. The minimum atomic E-state index is -0.766. The largest absolute Gasteiger partial charge is 0.481 e. The van der Waals surface area contributed by atoms with Gasteiger partial charge in [-0.25, -0.2) is 0 Å². The highest BCUT2D eigenvalue weighted by Gasteiger charge is 2.19. The van der Waals surface area contributed by atoms with Gasteiger partial charge in [0.1, 0.15) is 0 Å². The van der Waals surface area contributed by atoms with Crippen LogP contribution in [0.4, 0.5) is 5.69 Å². The van der Waals surface area contributed by atoms with E-state index in [9.17, 15) is 9.90 Å². The number of carboxylic acid groups (broad SMARTS) is 1. The number of rotatable bonds is 6. The normalized spacial score (nSPS) is 11.8. The molecule has 0 heterocycles. The third-order valence-corrected chi connectivity index (χ3v) is 3.49. The van der Waals surface area contributed by atoms with E-state index in [1.807, 2.05) is 61.6 Å². The van der Waals surface area contributed by atoms with E-state index in [0.29, 0.717) is 6.42 Å². The third-order valence-electron chi connectivity index (χ3n) is 3.49. The van der Waals surface area contributed by atoms with E-state index >= 15 is 0 Å². The van der Waals surface area contributed by atoms with E-state index in [-0.39, 0.29) is 0 Å². The van der Waals surface area contributed by atoms with Crippen molar-refractivity contribution in [3.63, 3.8) is 0 Å². The predicted octanol–water partition coefficient (Wildman–Crippen LogP) is 3.53. The number of aryl methyl sites for hydroxylation is 1. The fourth-order valence-corrected chi connectivity index (χ4v) is 2.40. The molecule has 0 amide bonds. The number of benzene rings is 2. The zero-order chi connectivity index (χ0) is 14.4.